The number of carbonyl (C=O) groups is 1. The molecule has 1 amide bonds. The number of hydrogen-bond acceptors (Lipinski definition) is 4. The number of piperazine rings is 1. The number of amides is 1. The molecule has 1 fully saturated rings. The first-order valence-electron chi connectivity index (χ1n) is 12.0. The zero-order chi connectivity index (χ0) is 26.0. The third-order valence-corrected chi connectivity index (χ3v) is 6.91. The van der Waals surface area contributed by atoms with Crippen LogP contribution < -0.4 is 56.8 Å². The van der Waals surface area contributed by atoms with Crippen molar-refractivity contribution in [2.24, 2.45) is 5.11 Å². The Morgan fingerprint density at radius 1 is 0.974 bits per heavy atom. The van der Waals surface area contributed by atoms with Gasteiger partial charge in [-0.3, -0.25) is 4.90 Å². The molecule has 0 bridgehead atoms. The van der Waals surface area contributed by atoms with Crippen LogP contribution in [0.2, 0.25) is 0 Å². The fourth-order valence-electron chi connectivity index (χ4n) is 5.12. The van der Waals surface area contributed by atoms with Crippen molar-refractivity contribution in [1.29, 1.82) is 0 Å². The molecule has 3 aromatic carbocycles. The van der Waals surface area contributed by atoms with Crippen LogP contribution in [0.5, 0.6) is 0 Å². The van der Waals surface area contributed by atoms with E-state index in [0.29, 0.717) is 31.7 Å². The van der Waals surface area contributed by atoms with Gasteiger partial charge in [-0.25, -0.2) is 4.79 Å². The molecular formula is C26H24BF3KN5O2. The van der Waals surface area contributed by atoms with Crippen LogP contribution in [0.25, 0.3) is 21.6 Å². The second kappa shape index (κ2) is 12.3. The number of carbonyl (C=O) groups excluding carboxylic acids is 1. The van der Waals surface area contributed by atoms with E-state index in [4.69, 9.17) is 10.3 Å². The second-order valence-corrected chi connectivity index (χ2v) is 9.26. The number of azide groups is 1. The van der Waals surface area contributed by atoms with Gasteiger partial charge in [-0.2, -0.15) is 0 Å². The Morgan fingerprint density at radius 3 is 2.16 bits per heavy atom. The summed E-state index contributed by atoms with van der Waals surface area (Å²) in [7, 11) is 0. The summed E-state index contributed by atoms with van der Waals surface area (Å²) in [6, 6.07) is 19.7. The summed E-state index contributed by atoms with van der Waals surface area (Å²) in [6.07, 6.45) is -0.395. The largest absolute Gasteiger partial charge is 1.00 e. The zero-order valence-electron chi connectivity index (χ0n) is 20.9. The molecule has 0 radical (unpaired) electrons. The minimum absolute atomic E-state index is 0. The van der Waals surface area contributed by atoms with Gasteiger partial charge in [0.15, 0.2) is 0 Å². The van der Waals surface area contributed by atoms with Gasteiger partial charge < -0.3 is 22.6 Å². The fourth-order valence-corrected chi connectivity index (χ4v) is 5.12. The van der Waals surface area contributed by atoms with E-state index >= 15 is 0 Å². The molecule has 38 heavy (non-hydrogen) atoms. The first-order valence-corrected chi connectivity index (χ1v) is 12.0. The van der Waals surface area contributed by atoms with E-state index in [1.165, 1.54) is 6.07 Å². The molecule has 3 aromatic rings. The Kier molecular flexibility index (Phi) is 9.25. The predicted octanol–water partition coefficient (Wildman–Crippen LogP) is 2.75. The van der Waals surface area contributed by atoms with Crippen molar-refractivity contribution in [2.75, 3.05) is 32.8 Å². The third kappa shape index (κ3) is 6.28. The maximum atomic E-state index is 13.3. The molecule has 7 nitrogen and oxygen atoms in total. The summed E-state index contributed by atoms with van der Waals surface area (Å²) in [4.78, 5) is 19.0. The van der Waals surface area contributed by atoms with Crippen molar-refractivity contribution in [2.45, 2.75) is 12.5 Å². The van der Waals surface area contributed by atoms with Gasteiger partial charge in [0.25, 0.3) is 0 Å². The van der Waals surface area contributed by atoms with Gasteiger partial charge in [0.1, 0.15) is 6.61 Å². The second-order valence-electron chi connectivity index (χ2n) is 9.26. The molecule has 5 rings (SSSR count). The van der Waals surface area contributed by atoms with Gasteiger partial charge in [-0.1, -0.05) is 65.8 Å². The molecular weight excluding hydrogens is 521 g/mol. The van der Waals surface area contributed by atoms with E-state index in [2.05, 4.69) is 34.3 Å². The number of rotatable bonds is 6. The Balaban J connectivity index is 0.00000336. The number of fused-ring (bicyclic) bond motifs is 3. The van der Waals surface area contributed by atoms with Gasteiger partial charge in [0.05, 0.1) is 0 Å². The topological polar surface area (TPSA) is 81.5 Å². The average Bonchev–Trinajstić information content (AvgIpc) is 3.21. The molecule has 0 atom stereocenters. The first-order chi connectivity index (χ1) is 17.8. The number of ether oxygens (including phenoxy) is 1. The Hall–Kier alpha value is -2.31. The monoisotopic (exact) mass is 545 g/mol. The van der Waals surface area contributed by atoms with Crippen molar-refractivity contribution in [3.63, 3.8) is 0 Å². The van der Waals surface area contributed by atoms with Crippen molar-refractivity contribution >= 4 is 24.2 Å². The van der Waals surface area contributed by atoms with Crippen LogP contribution in [0.15, 0.2) is 71.8 Å². The predicted molar refractivity (Wildman–Crippen MR) is 136 cm³/mol. The summed E-state index contributed by atoms with van der Waals surface area (Å²) in [5.74, 6) is -0.0228. The maximum absolute atomic E-state index is 13.3. The SMILES string of the molecule is [K+].[N-]=[N+]=Nc1cc(CN2CCN(C(=O)OCC3c4ccccc4-c4ccccc43)CC2)cc([B-](F)(F)F)c1. The maximum Gasteiger partial charge on any atom is 1.00 e. The normalized spacial score (nSPS) is 15.2. The van der Waals surface area contributed by atoms with Crippen LogP contribution in [0, 0.1) is 0 Å². The van der Waals surface area contributed by atoms with Crippen molar-refractivity contribution in [3.05, 3.63) is 93.9 Å². The van der Waals surface area contributed by atoms with E-state index in [-0.39, 0.29) is 76.1 Å². The van der Waals surface area contributed by atoms with Crippen LogP contribution in [-0.4, -0.2) is 55.7 Å². The summed E-state index contributed by atoms with van der Waals surface area (Å²) >= 11 is 0. The molecule has 1 aliphatic heterocycles. The summed E-state index contributed by atoms with van der Waals surface area (Å²) in [6.45, 7) is -2.94. The third-order valence-electron chi connectivity index (χ3n) is 6.91. The van der Waals surface area contributed by atoms with Gasteiger partial charge in [0, 0.05) is 49.2 Å². The van der Waals surface area contributed by atoms with Crippen LogP contribution in [0.1, 0.15) is 22.6 Å². The van der Waals surface area contributed by atoms with Crippen molar-refractivity contribution in [1.82, 2.24) is 9.80 Å². The molecule has 2 aliphatic rings. The molecule has 0 saturated carbocycles. The van der Waals surface area contributed by atoms with Crippen LogP contribution in [0.4, 0.5) is 23.4 Å². The van der Waals surface area contributed by atoms with E-state index in [0.717, 1.165) is 34.4 Å². The van der Waals surface area contributed by atoms with Crippen molar-refractivity contribution < 1.29 is 73.9 Å². The Bertz CT molecular complexity index is 1330. The van der Waals surface area contributed by atoms with Gasteiger partial charge in [-0.15, -0.1) is 5.46 Å². The quantitative estimate of drug-likeness (QED) is 0.207. The molecule has 0 N–H and O–H groups in total. The number of hydrogen-bond donors (Lipinski definition) is 0. The molecule has 1 saturated heterocycles. The Labute approximate surface area is 261 Å². The standard InChI is InChI=1S/C26H24BF3N5O2.K/c28-27(29,30)19-13-18(14-20(15-19)32-33-31)16-34-9-11-35(12-10-34)26(36)37-17-25-23-7-3-1-5-21(23)22-6-2-4-8-24(22)25;/h1-8,13-15,25H,9-12,16-17H2;/q-1;+1. The van der Waals surface area contributed by atoms with Crippen LogP contribution in [-0.2, 0) is 11.3 Å². The average molecular weight is 545 g/mol. The number of halogens is 3. The van der Waals surface area contributed by atoms with E-state index in [9.17, 15) is 17.7 Å². The molecule has 0 aromatic heterocycles. The summed E-state index contributed by atoms with van der Waals surface area (Å²) < 4.78 is 45.7. The number of benzene rings is 3. The minimum Gasteiger partial charge on any atom is -0.448 e. The zero-order valence-corrected chi connectivity index (χ0v) is 24.1. The van der Waals surface area contributed by atoms with Gasteiger partial charge in [-0.05, 0) is 39.4 Å². The van der Waals surface area contributed by atoms with E-state index in [1.807, 2.05) is 29.2 Å². The summed E-state index contributed by atoms with van der Waals surface area (Å²) in [5.41, 5.74) is 12.8. The first kappa shape index (κ1) is 28.7. The van der Waals surface area contributed by atoms with Crippen molar-refractivity contribution in [3.8, 4) is 11.1 Å². The van der Waals surface area contributed by atoms with Crippen LogP contribution in [0.3, 0.4) is 0 Å². The smallest absolute Gasteiger partial charge is 0.448 e. The van der Waals surface area contributed by atoms with Gasteiger partial charge in [0.2, 0.25) is 0 Å². The molecule has 1 heterocycles. The molecule has 1 aliphatic carbocycles. The minimum atomic E-state index is -5.22. The molecule has 0 spiro atoms. The Morgan fingerprint density at radius 2 is 1.58 bits per heavy atom. The molecule has 12 heteroatoms. The number of nitrogens with zero attached hydrogens (tertiary/aromatic N) is 5. The summed E-state index contributed by atoms with van der Waals surface area (Å²) in [5, 5.41) is 3.35. The van der Waals surface area contributed by atoms with Crippen LogP contribution >= 0.6 is 0 Å². The van der Waals surface area contributed by atoms with Gasteiger partial charge >= 0.3 is 64.5 Å². The molecule has 190 valence electrons. The van der Waals surface area contributed by atoms with E-state index < -0.39 is 18.5 Å². The molecule has 0 unspecified atom stereocenters. The van der Waals surface area contributed by atoms with E-state index in [1.54, 1.807) is 4.90 Å². The fraction of sp³-hybridized carbons (Fsp3) is 0.269.